The quantitative estimate of drug-likeness (QED) is 0.786. The second kappa shape index (κ2) is 4.80. The lowest BCUT2D eigenvalue weighted by Gasteiger charge is -2.38. The number of ether oxygens (including phenoxy) is 1. The zero-order valence-corrected chi connectivity index (χ0v) is 12.5. The molecule has 1 aliphatic carbocycles. The summed E-state index contributed by atoms with van der Waals surface area (Å²) in [5, 5.41) is 0. The van der Waals surface area contributed by atoms with Gasteiger partial charge in [0.05, 0.1) is 0 Å². The molecule has 0 aromatic carbocycles. The Bertz CT molecular complexity index is 377. The maximum Gasteiger partial charge on any atom is 0.410 e. The van der Waals surface area contributed by atoms with E-state index in [9.17, 15) is 9.59 Å². The number of nitrogens with zero attached hydrogens (tertiary/aromatic N) is 1. The summed E-state index contributed by atoms with van der Waals surface area (Å²) in [7, 11) is 0. The molecule has 0 aromatic heterocycles. The zero-order valence-electron chi connectivity index (χ0n) is 12.5. The number of hydrogen-bond acceptors (Lipinski definition) is 3. The fraction of sp³-hybridized carbons (Fsp3) is 0.867. The maximum absolute atomic E-state index is 12.6. The molecule has 0 spiro atoms. The molecule has 2 aliphatic rings. The van der Waals surface area contributed by atoms with E-state index in [-0.39, 0.29) is 11.9 Å². The summed E-state index contributed by atoms with van der Waals surface area (Å²) in [5.74, 6) is 0.571. The van der Waals surface area contributed by atoms with Crippen LogP contribution in [0.2, 0.25) is 0 Å². The van der Waals surface area contributed by atoms with Crippen molar-refractivity contribution in [2.75, 3.05) is 13.1 Å². The van der Waals surface area contributed by atoms with E-state index in [4.69, 9.17) is 4.74 Å². The average molecular weight is 267 g/mol. The number of carbonyl (C=O) groups excluding carboxylic acids is 2. The van der Waals surface area contributed by atoms with Gasteiger partial charge >= 0.3 is 6.09 Å². The maximum atomic E-state index is 12.6. The van der Waals surface area contributed by atoms with Gasteiger partial charge in [-0.3, -0.25) is 4.79 Å². The molecule has 0 aromatic rings. The Morgan fingerprint density at radius 1 is 1.16 bits per heavy atom. The molecule has 0 N–H and O–H groups in total. The van der Waals surface area contributed by atoms with Gasteiger partial charge in [-0.15, -0.1) is 0 Å². The van der Waals surface area contributed by atoms with Crippen LogP contribution in [0, 0.1) is 11.3 Å². The van der Waals surface area contributed by atoms with Crippen molar-refractivity contribution in [3.63, 3.8) is 0 Å². The molecule has 1 amide bonds. The number of amides is 1. The van der Waals surface area contributed by atoms with Gasteiger partial charge in [-0.25, -0.2) is 4.79 Å². The first-order valence-electron chi connectivity index (χ1n) is 7.25. The van der Waals surface area contributed by atoms with Crippen LogP contribution >= 0.6 is 0 Å². The van der Waals surface area contributed by atoms with E-state index in [1.54, 1.807) is 11.8 Å². The molecule has 4 heteroatoms. The van der Waals surface area contributed by atoms with E-state index in [0.717, 1.165) is 32.4 Å². The fourth-order valence-corrected chi connectivity index (χ4v) is 2.60. The average Bonchev–Trinajstić information content (AvgIpc) is 2.95. The van der Waals surface area contributed by atoms with Crippen LogP contribution in [0.15, 0.2) is 0 Å². The Balaban J connectivity index is 2.08. The minimum absolute atomic E-state index is 0.0285. The molecular weight excluding hydrogens is 242 g/mol. The predicted molar refractivity (Wildman–Crippen MR) is 72.9 cm³/mol. The summed E-state index contributed by atoms with van der Waals surface area (Å²) < 4.78 is 5.62. The second-order valence-electron chi connectivity index (χ2n) is 7.17. The number of hydrogen-bond donors (Lipinski definition) is 0. The van der Waals surface area contributed by atoms with Crippen LogP contribution in [0.3, 0.4) is 0 Å². The minimum atomic E-state index is -0.966. The third kappa shape index (κ3) is 3.28. The molecule has 1 atom stereocenters. The first-order valence-corrected chi connectivity index (χ1v) is 7.25. The molecule has 1 saturated heterocycles. The Labute approximate surface area is 115 Å². The van der Waals surface area contributed by atoms with Crippen molar-refractivity contribution in [2.45, 2.75) is 59.0 Å². The van der Waals surface area contributed by atoms with Crippen molar-refractivity contribution in [3.05, 3.63) is 0 Å². The number of Topliss-reactive ketones (excluding diaryl/α,β-unsaturated/α-hetero) is 1. The van der Waals surface area contributed by atoms with Crippen LogP contribution in [0.25, 0.3) is 0 Å². The Morgan fingerprint density at radius 3 is 2.11 bits per heavy atom. The molecule has 1 saturated carbocycles. The molecule has 1 aliphatic heterocycles. The van der Waals surface area contributed by atoms with E-state index in [1.165, 1.54) is 0 Å². The Kier molecular flexibility index (Phi) is 3.63. The zero-order chi connectivity index (χ0) is 14.3. The first-order chi connectivity index (χ1) is 8.72. The summed E-state index contributed by atoms with van der Waals surface area (Å²) in [4.78, 5) is 26.3. The van der Waals surface area contributed by atoms with Gasteiger partial charge in [0.2, 0.25) is 0 Å². The van der Waals surface area contributed by atoms with E-state index >= 15 is 0 Å². The molecule has 19 heavy (non-hydrogen) atoms. The minimum Gasteiger partial charge on any atom is -0.435 e. The van der Waals surface area contributed by atoms with Crippen molar-refractivity contribution in [3.8, 4) is 0 Å². The van der Waals surface area contributed by atoms with Crippen molar-refractivity contribution >= 4 is 11.9 Å². The number of ketones is 1. The predicted octanol–water partition coefficient (Wildman–Crippen LogP) is 3.00. The van der Waals surface area contributed by atoms with Crippen molar-refractivity contribution in [2.24, 2.45) is 11.3 Å². The van der Waals surface area contributed by atoms with Gasteiger partial charge in [0.15, 0.2) is 11.4 Å². The fourth-order valence-electron chi connectivity index (χ4n) is 2.60. The molecule has 2 fully saturated rings. The lowest BCUT2D eigenvalue weighted by Crippen LogP contribution is -2.51. The smallest absolute Gasteiger partial charge is 0.410 e. The highest BCUT2D eigenvalue weighted by molar-refractivity contribution is 5.93. The highest BCUT2D eigenvalue weighted by Gasteiger charge is 2.47. The third-order valence-electron chi connectivity index (χ3n) is 3.96. The number of likely N-dealkylation sites (tertiary alicyclic amines) is 1. The van der Waals surface area contributed by atoms with Gasteiger partial charge in [-0.2, -0.15) is 0 Å². The van der Waals surface area contributed by atoms with Crippen LogP contribution in [-0.2, 0) is 9.53 Å². The Hall–Kier alpha value is -1.06. The molecule has 2 rings (SSSR count). The molecule has 0 bridgehead atoms. The van der Waals surface area contributed by atoms with E-state index in [1.807, 2.05) is 20.8 Å². The van der Waals surface area contributed by atoms with Crippen molar-refractivity contribution in [1.29, 1.82) is 0 Å². The molecule has 0 unspecified atom stereocenters. The Morgan fingerprint density at radius 2 is 1.74 bits per heavy atom. The van der Waals surface area contributed by atoms with Crippen molar-refractivity contribution in [1.82, 2.24) is 4.90 Å². The van der Waals surface area contributed by atoms with E-state index in [2.05, 4.69) is 0 Å². The van der Waals surface area contributed by atoms with Gasteiger partial charge in [0.25, 0.3) is 0 Å². The van der Waals surface area contributed by atoms with Gasteiger partial charge in [0.1, 0.15) is 0 Å². The number of rotatable bonds is 4. The van der Waals surface area contributed by atoms with Crippen LogP contribution in [0.4, 0.5) is 4.79 Å². The topological polar surface area (TPSA) is 46.6 Å². The summed E-state index contributed by atoms with van der Waals surface area (Å²) in [5.41, 5.74) is -1.45. The largest absolute Gasteiger partial charge is 0.435 e. The van der Waals surface area contributed by atoms with Crippen LogP contribution in [-0.4, -0.2) is 35.5 Å². The second-order valence-corrected chi connectivity index (χ2v) is 7.17. The summed E-state index contributed by atoms with van der Waals surface area (Å²) in [6.45, 7) is 8.95. The first kappa shape index (κ1) is 14.4. The lowest BCUT2D eigenvalue weighted by molar-refractivity contribution is -0.146. The summed E-state index contributed by atoms with van der Waals surface area (Å²) in [6.07, 6.45) is 3.67. The summed E-state index contributed by atoms with van der Waals surface area (Å²) in [6, 6.07) is 0. The molecule has 0 radical (unpaired) electrons. The molecule has 108 valence electrons. The van der Waals surface area contributed by atoms with Gasteiger partial charge < -0.3 is 9.64 Å². The van der Waals surface area contributed by atoms with Crippen LogP contribution in [0.1, 0.15) is 53.4 Å². The highest BCUT2D eigenvalue weighted by atomic mass is 16.6. The normalized spacial score (nSPS) is 22.4. The lowest BCUT2D eigenvalue weighted by atomic mass is 9.78. The number of carbonyl (C=O) groups is 2. The van der Waals surface area contributed by atoms with E-state index in [0.29, 0.717) is 12.3 Å². The van der Waals surface area contributed by atoms with Crippen LogP contribution in [0.5, 0.6) is 0 Å². The monoisotopic (exact) mass is 267 g/mol. The standard InChI is InChI=1S/C15H25NO3/c1-14(2,3)12(17)15(4,10-11-6-7-11)19-13(18)16-8-5-9-16/h11H,5-10H2,1-4H3/t15-/m1/s1. The highest BCUT2D eigenvalue weighted by Crippen LogP contribution is 2.41. The van der Waals surface area contributed by atoms with Crippen LogP contribution < -0.4 is 0 Å². The van der Waals surface area contributed by atoms with Gasteiger partial charge in [-0.05, 0) is 25.7 Å². The molecule has 4 nitrogen and oxygen atoms in total. The van der Waals surface area contributed by atoms with Crippen molar-refractivity contribution < 1.29 is 14.3 Å². The van der Waals surface area contributed by atoms with Gasteiger partial charge in [0, 0.05) is 18.5 Å². The third-order valence-corrected chi connectivity index (χ3v) is 3.96. The van der Waals surface area contributed by atoms with Gasteiger partial charge in [-0.1, -0.05) is 33.6 Å². The van der Waals surface area contributed by atoms with E-state index < -0.39 is 11.0 Å². The summed E-state index contributed by atoms with van der Waals surface area (Å²) >= 11 is 0. The SMILES string of the molecule is CC(C)(C)C(=O)[C@@](C)(CC1CC1)OC(=O)N1CCC1. The molecule has 1 heterocycles. The molecular formula is C15H25NO3.